The average molecular weight is 219 g/mol. The van der Waals surface area contributed by atoms with Crippen molar-refractivity contribution < 1.29 is 0 Å². The van der Waals surface area contributed by atoms with Crippen molar-refractivity contribution >= 4 is 0 Å². The van der Waals surface area contributed by atoms with Crippen molar-refractivity contribution in [3.8, 4) is 0 Å². The van der Waals surface area contributed by atoms with E-state index in [0.717, 1.165) is 35.0 Å². The molecule has 0 aliphatic heterocycles. The fourth-order valence-electron chi connectivity index (χ4n) is 5.99. The van der Waals surface area contributed by atoms with Crippen molar-refractivity contribution in [2.45, 2.75) is 57.9 Å². The molecule has 4 saturated carbocycles. The lowest BCUT2D eigenvalue weighted by Gasteiger charge is -2.69. The molecule has 1 heteroatoms. The molecular weight excluding hydrogens is 194 g/mol. The fraction of sp³-hybridized carbons (Fsp3) is 1.00. The van der Waals surface area contributed by atoms with Gasteiger partial charge in [-0.3, -0.25) is 0 Å². The van der Waals surface area contributed by atoms with Gasteiger partial charge in [-0.2, -0.15) is 0 Å². The van der Waals surface area contributed by atoms with Crippen molar-refractivity contribution in [2.75, 3.05) is 0 Å². The van der Waals surface area contributed by atoms with Crippen molar-refractivity contribution in [3.63, 3.8) is 0 Å². The van der Waals surface area contributed by atoms with E-state index in [1.54, 1.807) is 19.3 Å². The number of fused-ring (bicyclic) bond motifs is 2. The first kappa shape index (κ1) is 9.94. The second-order valence-electron chi connectivity index (χ2n) is 7.40. The molecule has 6 unspecified atom stereocenters. The van der Waals surface area contributed by atoms with Gasteiger partial charge in [-0.05, 0) is 80.0 Å². The molecule has 7 atom stereocenters. The monoisotopic (exact) mass is 219 g/mol. The minimum Gasteiger partial charge on any atom is -0.328 e. The van der Waals surface area contributed by atoms with E-state index in [4.69, 9.17) is 5.73 Å². The largest absolute Gasteiger partial charge is 0.328 e. The summed E-state index contributed by atoms with van der Waals surface area (Å²) < 4.78 is 0. The zero-order valence-electron chi connectivity index (χ0n) is 10.5. The Hall–Kier alpha value is -0.0400. The van der Waals surface area contributed by atoms with Crippen LogP contribution in [0.25, 0.3) is 0 Å². The summed E-state index contributed by atoms with van der Waals surface area (Å²) in [7, 11) is 0. The van der Waals surface area contributed by atoms with Crippen molar-refractivity contribution in [3.05, 3.63) is 0 Å². The number of nitrogens with two attached hydrogens (primary N) is 1. The predicted molar refractivity (Wildman–Crippen MR) is 65.9 cm³/mol. The minimum absolute atomic E-state index is 0.519. The standard InChI is InChI=1S/C15H25N/c1-9-6-11(16)8-15(5-4-13(9)15)14-7-10-2-3-12(10)14/h9-14H,2-8,16H2,1H3/t9?,10?,11-,12?,13?,14?,15?/m1/s1. The first-order chi connectivity index (χ1) is 7.71. The molecule has 0 radical (unpaired) electrons. The summed E-state index contributed by atoms with van der Waals surface area (Å²) in [5.74, 6) is 5.35. The zero-order chi connectivity index (χ0) is 10.9. The van der Waals surface area contributed by atoms with Gasteiger partial charge < -0.3 is 5.73 Å². The Morgan fingerprint density at radius 1 is 1.06 bits per heavy atom. The molecule has 90 valence electrons. The zero-order valence-corrected chi connectivity index (χ0v) is 10.5. The summed E-state index contributed by atoms with van der Waals surface area (Å²) in [6, 6.07) is 0.519. The SMILES string of the molecule is CC1C[C@@H](N)CC2(C3CC4CCC43)CCC12. The molecule has 4 fully saturated rings. The summed E-state index contributed by atoms with van der Waals surface area (Å²) >= 11 is 0. The van der Waals surface area contributed by atoms with Crippen LogP contribution < -0.4 is 5.73 Å². The van der Waals surface area contributed by atoms with Gasteiger partial charge >= 0.3 is 0 Å². The highest BCUT2D eigenvalue weighted by Gasteiger charge is 2.63. The van der Waals surface area contributed by atoms with E-state index in [1.807, 2.05) is 0 Å². The highest BCUT2D eigenvalue weighted by Crippen LogP contribution is 2.71. The molecule has 0 heterocycles. The van der Waals surface area contributed by atoms with E-state index in [-0.39, 0.29) is 0 Å². The molecule has 2 N–H and O–H groups in total. The summed E-state index contributed by atoms with van der Waals surface area (Å²) in [6.45, 7) is 2.47. The lowest BCUT2D eigenvalue weighted by atomic mass is 9.36. The lowest BCUT2D eigenvalue weighted by molar-refractivity contribution is -0.195. The lowest BCUT2D eigenvalue weighted by Crippen LogP contribution is -2.63. The molecule has 0 amide bonds. The molecule has 0 aromatic heterocycles. The maximum atomic E-state index is 6.31. The van der Waals surface area contributed by atoms with E-state index in [2.05, 4.69) is 6.92 Å². The van der Waals surface area contributed by atoms with Gasteiger partial charge in [0.05, 0.1) is 0 Å². The third-order valence-electron chi connectivity index (χ3n) is 6.95. The molecule has 16 heavy (non-hydrogen) atoms. The van der Waals surface area contributed by atoms with Gasteiger partial charge in [0.25, 0.3) is 0 Å². The topological polar surface area (TPSA) is 26.0 Å². The molecule has 0 aromatic carbocycles. The summed E-state index contributed by atoms with van der Waals surface area (Å²) in [6.07, 6.45) is 10.4. The Balaban J connectivity index is 1.59. The van der Waals surface area contributed by atoms with Gasteiger partial charge in [-0.25, -0.2) is 0 Å². The Morgan fingerprint density at radius 3 is 2.44 bits per heavy atom. The van der Waals surface area contributed by atoms with Gasteiger partial charge in [-0.15, -0.1) is 0 Å². The van der Waals surface area contributed by atoms with Crippen LogP contribution in [0.3, 0.4) is 0 Å². The van der Waals surface area contributed by atoms with Crippen LogP contribution >= 0.6 is 0 Å². The maximum absolute atomic E-state index is 6.31. The molecule has 0 spiro atoms. The second-order valence-corrected chi connectivity index (χ2v) is 7.40. The minimum atomic E-state index is 0.519. The van der Waals surface area contributed by atoms with E-state index in [1.165, 1.54) is 25.7 Å². The van der Waals surface area contributed by atoms with Crippen LogP contribution in [0, 0.1) is 35.0 Å². The molecular formula is C15H25N. The van der Waals surface area contributed by atoms with Crippen LogP contribution in [0.1, 0.15) is 51.9 Å². The van der Waals surface area contributed by atoms with Crippen LogP contribution in [0.5, 0.6) is 0 Å². The quantitative estimate of drug-likeness (QED) is 0.720. The fourth-order valence-corrected chi connectivity index (χ4v) is 5.99. The normalized spacial score (nSPS) is 63.4. The van der Waals surface area contributed by atoms with Crippen LogP contribution in [0.2, 0.25) is 0 Å². The van der Waals surface area contributed by atoms with Gasteiger partial charge in [0, 0.05) is 6.04 Å². The summed E-state index contributed by atoms with van der Waals surface area (Å²) in [5, 5.41) is 0. The Kier molecular flexibility index (Phi) is 1.89. The third kappa shape index (κ3) is 1.02. The number of hydrogen-bond donors (Lipinski definition) is 1. The van der Waals surface area contributed by atoms with Crippen molar-refractivity contribution in [2.24, 2.45) is 40.7 Å². The molecule has 1 nitrogen and oxygen atoms in total. The second kappa shape index (κ2) is 3.04. The van der Waals surface area contributed by atoms with E-state index in [0.29, 0.717) is 6.04 Å². The van der Waals surface area contributed by atoms with Crippen LogP contribution in [-0.2, 0) is 0 Å². The molecule has 4 aliphatic carbocycles. The van der Waals surface area contributed by atoms with Gasteiger partial charge in [0.1, 0.15) is 0 Å². The van der Waals surface area contributed by atoms with Gasteiger partial charge in [0.2, 0.25) is 0 Å². The Morgan fingerprint density at radius 2 is 1.94 bits per heavy atom. The van der Waals surface area contributed by atoms with Crippen molar-refractivity contribution in [1.82, 2.24) is 0 Å². The number of rotatable bonds is 1. The average Bonchev–Trinajstić information content (AvgIpc) is 2.15. The number of hydrogen-bond acceptors (Lipinski definition) is 1. The van der Waals surface area contributed by atoms with Crippen molar-refractivity contribution in [1.29, 1.82) is 0 Å². The predicted octanol–water partition coefficient (Wildman–Crippen LogP) is 3.19. The molecule has 0 bridgehead atoms. The van der Waals surface area contributed by atoms with E-state index in [9.17, 15) is 0 Å². The Bertz CT molecular complexity index is 313. The van der Waals surface area contributed by atoms with Crippen LogP contribution in [0.4, 0.5) is 0 Å². The molecule has 0 aromatic rings. The smallest absolute Gasteiger partial charge is 0.00469 e. The first-order valence-electron chi connectivity index (χ1n) is 7.46. The summed E-state index contributed by atoms with van der Waals surface area (Å²) in [4.78, 5) is 0. The molecule has 4 aliphatic rings. The third-order valence-corrected chi connectivity index (χ3v) is 6.95. The summed E-state index contributed by atoms with van der Waals surface area (Å²) in [5.41, 5.74) is 7.05. The highest BCUT2D eigenvalue weighted by atomic mass is 14.7. The Labute approximate surface area is 99.2 Å². The molecule has 4 rings (SSSR count). The van der Waals surface area contributed by atoms with Gasteiger partial charge in [0.15, 0.2) is 0 Å². The van der Waals surface area contributed by atoms with Gasteiger partial charge in [-0.1, -0.05) is 6.92 Å². The maximum Gasteiger partial charge on any atom is 0.00469 e. The first-order valence-corrected chi connectivity index (χ1v) is 7.46. The van der Waals surface area contributed by atoms with Crippen LogP contribution in [0.15, 0.2) is 0 Å². The van der Waals surface area contributed by atoms with E-state index < -0.39 is 0 Å². The molecule has 0 saturated heterocycles. The van der Waals surface area contributed by atoms with Crippen LogP contribution in [-0.4, -0.2) is 6.04 Å². The van der Waals surface area contributed by atoms with E-state index >= 15 is 0 Å². The highest BCUT2D eigenvalue weighted by molar-refractivity contribution is 5.13.